The highest BCUT2D eigenvalue weighted by molar-refractivity contribution is 6.31. The number of benzene rings is 2. The molecule has 2 aromatic carbocycles. The molecule has 1 heterocycles. The molecule has 0 bridgehead atoms. The van der Waals surface area contributed by atoms with Crippen molar-refractivity contribution in [1.29, 1.82) is 5.26 Å². The summed E-state index contributed by atoms with van der Waals surface area (Å²) in [7, 11) is 0. The van der Waals surface area contributed by atoms with Crippen molar-refractivity contribution in [1.82, 2.24) is 0 Å². The molecule has 0 radical (unpaired) electrons. The van der Waals surface area contributed by atoms with Gasteiger partial charge in [0.15, 0.2) is 0 Å². The second-order valence-electron chi connectivity index (χ2n) is 6.98. The van der Waals surface area contributed by atoms with Gasteiger partial charge in [-0.1, -0.05) is 23.2 Å². The zero-order valence-corrected chi connectivity index (χ0v) is 18.7. The van der Waals surface area contributed by atoms with Crippen LogP contribution in [0.25, 0.3) is 17.4 Å². The van der Waals surface area contributed by atoms with Crippen molar-refractivity contribution in [2.45, 2.75) is 20.0 Å². The third-order valence-corrected chi connectivity index (χ3v) is 4.68. The number of hydrogen-bond donors (Lipinski definition) is 1. The molecule has 0 aliphatic carbocycles. The van der Waals surface area contributed by atoms with Crippen molar-refractivity contribution in [3.8, 4) is 17.4 Å². The van der Waals surface area contributed by atoms with E-state index in [1.165, 1.54) is 6.08 Å². The van der Waals surface area contributed by atoms with Gasteiger partial charge in [-0.15, -0.1) is 0 Å². The zero-order chi connectivity index (χ0) is 23.3. The van der Waals surface area contributed by atoms with E-state index >= 15 is 0 Å². The Morgan fingerprint density at radius 3 is 2.41 bits per heavy atom. The van der Waals surface area contributed by atoms with Crippen molar-refractivity contribution in [2.24, 2.45) is 0 Å². The molecule has 32 heavy (non-hydrogen) atoms. The molecule has 162 valence electrons. The molecule has 6 nitrogen and oxygen atoms in total. The van der Waals surface area contributed by atoms with Crippen LogP contribution in [0.3, 0.4) is 0 Å². The third kappa shape index (κ3) is 5.79. The van der Waals surface area contributed by atoms with E-state index in [1.807, 2.05) is 6.07 Å². The Morgan fingerprint density at radius 2 is 1.75 bits per heavy atom. The van der Waals surface area contributed by atoms with Crippen molar-refractivity contribution in [3.05, 3.63) is 81.5 Å². The van der Waals surface area contributed by atoms with Crippen LogP contribution in [0, 0.1) is 11.3 Å². The summed E-state index contributed by atoms with van der Waals surface area (Å²) in [6.07, 6.45) is 1.02. The first kappa shape index (κ1) is 23.1. The van der Waals surface area contributed by atoms with Gasteiger partial charge in [-0.2, -0.15) is 5.26 Å². The predicted octanol–water partition coefficient (Wildman–Crippen LogP) is 6.36. The topological polar surface area (TPSA) is 92.3 Å². The Kier molecular flexibility index (Phi) is 7.37. The van der Waals surface area contributed by atoms with Gasteiger partial charge in [0.1, 0.15) is 23.2 Å². The average Bonchev–Trinajstić information content (AvgIpc) is 3.21. The molecule has 0 saturated heterocycles. The molecule has 0 aliphatic heterocycles. The molecule has 0 saturated carbocycles. The molecule has 0 aliphatic rings. The van der Waals surface area contributed by atoms with Gasteiger partial charge in [0.25, 0.3) is 5.91 Å². The molecule has 0 fully saturated rings. The lowest BCUT2D eigenvalue weighted by Gasteiger charge is -2.11. The molecular formula is C24H18Cl2N2O4. The van der Waals surface area contributed by atoms with Crippen molar-refractivity contribution in [2.75, 3.05) is 5.32 Å². The molecule has 1 N–H and O–H groups in total. The molecule has 0 unspecified atom stereocenters. The average molecular weight is 469 g/mol. The highest BCUT2D eigenvalue weighted by Crippen LogP contribution is 2.30. The summed E-state index contributed by atoms with van der Waals surface area (Å²) >= 11 is 11.9. The second kappa shape index (κ2) is 10.2. The monoisotopic (exact) mass is 468 g/mol. The maximum atomic E-state index is 12.5. The SMILES string of the molecule is CC(C)OC(=O)c1ccc(Cl)cc1-c1ccc(/C=C(\C#N)C(=O)Nc2ccc(Cl)cc2)o1. The molecule has 3 aromatic rings. The van der Waals surface area contributed by atoms with Crippen molar-refractivity contribution in [3.63, 3.8) is 0 Å². The largest absolute Gasteiger partial charge is 0.459 e. The lowest BCUT2D eigenvalue weighted by molar-refractivity contribution is -0.112. The summed E-state index contributed by atoms with van der Waals surface area (Å²) < 4.78 is 11.1. The summed E-state index contributed by atoms with van der Waals surface area (Å²) in [6, 6.07) is 16.3. The van der Waals surface area contributed by atoms with Crippen LogP contribution in [0.4, 0.5) is 5.69 Å². The third-order valence-electron chi connectivity index (χ3n) is 4.19. The summed E-state index contributed by atoms with van der Waals surface area (Å²) in [5.74, 6) is -0.521. The summed E-state index contributed by atoms with van der Waals surface area (Å²) in [5, 5.41) is 13.0. The minimum absolute atomic E-state index is 0.161. The van der Waals surface area contributed by atoms with Crippen LogP contribution in [0.1, 0.15) is 30.0 Å². The molecule has 3 rings (SSSR count). The van der Waals surface area contributed by atoms with E-state index in [9.17, 15) is 14.9 Å². The number of nitriles is 1. The number of carbonyl (C=O) groups excluding carboxylic acids is 2. The fourth-order valence-corrected chi connectivity index (χ4v) is 3.07. The number of ether oxygens (including phenoxy) is 1. The number of amides is 1. The summed E-state index contributed by atoms with van der Waals surface area (Å²) in [6.45, 7) is 3.50. The number of nitrogens with zero attached hydrogens (tertiary/aromatic N) is 1. The molecule has 0 spiro atoms. The summed E-state index contributed by atoms with van der Waals surface area (Å²) in [5.41, 5.74) is 1.06. The number of halogens is 2. The van der Waals surface area contributed by atoms with E-state index < -0.39 is 11.9 Å². The maximum Gasteiger partial charge on any atom is 0.339 e. The fraction of sp³-hybridized carbons (Fsp3) is 0.125. The minimum atomic E-state index is -0.600. The van der Waals surface area contributed by atoms with Crippen LogP contribution in [0.2, 0.25) is 10.0 Å². The summed E-state index contributed by atoms with van der Waals surface area (Å²) in [4.78, 5) is 24.9. The van der Waals surface area contributed by atoms with Gasteiger partial charge < -0.3 is 14.5 Å². The Balaban J connectivity index is 1.87. The van der Waals surface area contributed by atoms with Crippen molar-refractivity contribution < 1.29 is 18.7 Å². The smallest absolute Gasteiger partial charge is 0.339 e. The first-order valence-corrected chi connectivity index (χ1v) is 10.3. The molecule has 0 atom stereocenters. The Labute approximate surface area is 195 Å². The quantitative estimate of drug-likeness (QED) is 0.258. The number of esters is 1. The number of hydrogen-bond acceptors (Lipinski definition) is 5. The van der Waals surface area contributed by atoms with Crippen LogP contribution >= 0.6 is 23.2 Å². The second-order valence-corrected chi connectivity index (χ2v) is 7.85. The van der Waals surface area contributed by atoms with Gasteiger partial charge in [-0.25, -0.2) is 4.79 Å². The predicted molar refractivity (Wildman–Crippen MR) is 123 cm³/mol. The molecular weight excluding hydrogens is 451 g/mol. The zero-order valence-electron chi connectivity index (χ0n) is 17.2. The van der Waals surface area contributed by atoms with Crippen molar-refractivity contribution >= 4 is 46.8 Å². The fourth-order valence-electron chi connectivity index (χ4n) is 2.77. The van der Waals surface area contributed by atoms with E-state index in [2.05, 4.69) is 5.32 Å². The van der Waals surface area contributed by atoms with E-state index in [0.29, 0.717) is 27.1 Å². The number of nitrogens with one attached hydrogen (secondary N) is 1. The number of anilines is 1. The first-order valence-electron chi connectivity index (χ1n) is 9.56. The molecule has 1 amide bonds. The number of rotatable bonds is 6. The van der Waals surface area contributed by atoms with E-state index in [-0.39, 0.29) is 23.0 Å². The minimum Gasteiger partial charge on any atom is -0.459 e. The van der Waals surface area contributed by atoms with Gasteiger partial charge in [0, 0.05) is 27.4 Å². The van der Waals surface area contributed by atoms with Gasteiger partial charge in [0.05, 0.1) is 11.7 Å². The number of furan rings is 1. The number of carbonyl (C=O) groups is 2. The standard InChI is InChI=1S/C24H18Cl2N2O4/c1-14(2)31-24(30)20-9-5-17(26)12-21(20)22-10-8-19(32-22)11-15(13-27)23(29)28-18-6-3-16(25)4-7-18/h3-12,14H,1-2H3,(H,28,29)/b15-11+. The Bertz CT molecular complexity index is 1220. The van der Waals surface area contributed by atoms with Gasteiger partial charge in [0.2, 0.25) is 0 Å². The maximum absolute atomic E-state index is 12.5. The molecule has 1 aromatic heterocycles. The van der Waals surface area contributed by atoms with E-state index in [4.69, 9.17) is 32.4 Å². The van der Waals surface area contributed by atoms with Gasteiger partial charge >= 0.3 is 5.97 Å². The Hall–Kier alpha value is -3.53. The lowest BCUT2D eigenvalue weighted by atomic mass is 10.1. The van der Waals surface area contributed by atoms with Crippen LogP contribution in [0.5, 0.6) is 0 Å². The lowest BCUT2D eigenvalue weighted by Crippen LogP contribution is -2.13. The van der Waals surface area contributed by atoms with Crippen LogP contribution in [-0.2, 0) is 9.53 Å². The van der Waals surface area contributed by atoms with E-state index in [1.54, 1.807) is 68.4 Å². The molecule has 8 heteroatoms. The Morgan fingerprint density at radius 1 is 1.06 bits per heavy atom. The highest BCUT2D eigenvalue weighted by atomic mass is 35.5. The first-order chi connectivity index (χ1) is 15.3. The van der Waals surface area contributed by atoms with Crippen LogP contribution in [-0.4, -0.2) is 18.0 Å². The van der Waals surface area contributed by atoms with Crippen LogP contribution < -0.4 is 5.32 Å². The normalized spacial score (nSPS) is 11.2. The van der Waals surface area contributed by atoms with Crippen LogP contribution in [0.15, 0.2) is 64.6 Å². The van der Waals surface area contributed by atoms with E-state index in [0.717, 1.165) is 0 Å². The highest BCUT2D eigenvalue weighted by Gasteiger charge is 2.19. The van der Waals surface area contributed by atoms with Gasteiger partial charge in [-0.3, -0.25) is 4.79 Å². The van der Waals surface area contributed by atoms with Gasteiger partial charge in [-0.05, 0) is 68.4 Å².